The number of carbonyl (C=O) groups is 1. The Kier molecular flexibility index (Phi) is 4.51. The molecule has 2 rings (SSSR count). The maximum Gasteiger partial charge on any atom is 0.222 e. The zero-order valence-electron chi connectivity index (χ0n) is 10.9. The monoisotopic (exact) mass is 244 g/mol. The van der Waals surface area contributed by atoms with Crippen molar-refractivity contribution in [3.63, 3.8) is 0 Å². The minimum atomic E-state index is 0.251. The van der Waals surface area contributed by atoms with E-state index in [0.29, 0.717) is 12.3 Å². The highest BCUT2D eigenvalue weighted by molar-refractivity contribution is 5.76. The molecule has 0 saturated heterocycles. The van der Waals surface area contributed by atoms with Gasteiger partial charge in [0.25, 0.3) is 0 Å². The third kappa shape index (κ3) is 3.69. The van der Waals surface area contributed by atoms with Crippen LogP contribution in [-0.4, -0.2) is 29.4 Å². The summed E-state index contributed by atoms with van der Waals surface area (Å²) in [6, 6.07) is 4.00. The van der Waals surface area contributed by atoms with Gasteiger partial charge < -0.3 is 4.90 Å². The number of hydrogen-bond donors (Lipinski definition) is 0. The van der Waals surface area contributed by atoms with Crippen molar-refractivity contribution in [3.8, 4) is 0 Å². The van der Waals surface area contributed by atoms with Gasteiger partial charge in [0.05, 0.1) is 0 Å². The van der Waals surface area contributed by atoms with E-state index >= 15 is 0 Å². The minimum Gasteiger partial charge on any atom is -0.345 e. The number of hydrogen-bond acceptors (Lipinski definition) is 2. The van der Waals surface area contributed by atoms with Crippen LogP contribution in [0.4, 0.5) is 0 Å². The highest BCUT2D eigenvalue weighted by atomic mass is 16.2. The Morgan fingerprint density at radius 3 is 2.89 bits per heavy atom. The first-order chi connectivity index (χ1) is 8.75. The number of aromatic nitrogens is 1. The summed E-state index contributed by atoms with van der Waals surface area (Å²) in [5, 5.41) is 0. The lowest BCUT2D eigenvalue weighted by atomic mass is 10.0. The summed E-state index contributed by atoms with van der Waals surface area (Å²) < 4.78 is 0. The van der Waals surface area contributed by atoms with E-state index in [1.165, 1.54) is 5.56 Å². The van der Waals surface area contributed by atoms with Gasteiger partial charge in [0.2, 0.25) is 5.91 Å². The molecule has 0 N–H and O–H groups in total. The van der Waals surface area contributed by atoms with E-state index in [-0.39, 0.29) is 5.91 Å². The zero-order chi connectivity index (χ0) is 12.8. The van der Waals surface area contributed by atoms with Gasteiger partial charge in [-0.1, -0.05) is 12.2 Å². The van der Waals surface area contributed by atoms with Gasteiger partial charge in [-0.05, 0) is 42.9 Å². The highest BCUT2D eigenvalue weighted by Crippen LogP contribution is 2.20. The van der Waals surface area contributed by atoms with Crippen molar-refractivity contribution in [2.75, 3.05) is 13.6 Å². The second kappa shape index (κ2) is 6.34. The molecular weight excluding hydrogens is 224 g/mol. The number of allylic oxidation sites excluding steroid dienone is 2. The molecule has 3 heteroatoms. The SMILES string of the molecule is CN(CCc1ccncc1)C(=O)C[C@H]1C=CCC1. The molecule has 1 aromatic heterocycles. The van der Waals surface area contributed by atoms with Gasteiger partial charge in [-0.2, -0.15) is 0 Å². The molecular formula is C15H20N2O. The maximum absolute atomic E-state index is 12.0. The lowest BCUT2D eigenvalue weighted by Crippen LogP contribution is -2.29. The van der Waals surface area contributed by atoms with Crippen LogP contribution in [0.1, 0.15) is 24.8 Å². The first-order valence-electron chi connectivity index (χ1n) is 6.55. The van der Waals surface area contributed by atoms with Gasteiger partial charge in [0, 0.05) is 32.4 Å². The number of rotatable bonds is 5. The average Bonchev–Trinajstić information content (AvgIpc) is 2.90. The van der Waals surface area contributed by atoms with Crippen molar-refractivity contribution in [1.82, 2.24) is 9.88 Å². The van der Waals surface area contributed by atoms with Crippen LogP contribution in [0.5, 0.6) is 0 Å². The molecule has 0 aliphatic heterocycles. The summed E-state index contributed by atoms with van der Waals surface area (Å²) >= 11 is 0. The van der Waals surface area contributed by atoms with Crippen LogP contribution in [0.25, 0.3) is 0 Å². The molecule has 0 spiro atoms. The van der Waals surface area contributed by atoms with Gasteiger partial charge in [0.15, 0.2) is 0 Å². The first-order valence-corrected chi connectivity index (χ1v) is 6.55. The molecule has 1 amide bonds. The molecule has 0 saturated carbocycles. The van der Waals surface area contributed by atoms with Crippen LogP contribution >= 0.6 is 0 Å². The molecule has 0 aromatic carbocycles. The van der Waals surface area contributed by atoms with E-state index in [1.54, 1.807) is 12.4 Å². The Balaban J connectivity index is 1.75. The average molecular weight is 244 g/mol. The Morgan fingerprint density at radius 2 is 2.22 bits per heavy atom. The number of pyridine rings is 1. The van der Waals surface area contributed by atoms with Crippen LogP contribution in [-0.2, 0) is 11.2 Å². The molecule has 1 aliphatic rings. The standard InChI is InChI=1S/C15H20N2O/c1-17(11-8-13-6-9-16-10-7-13)15(18)12-14-4-2-3-5-14/h2,4,6-7,9-10,14H,3,5,8,11-12H2,1H3/t14-/m0/s1. The number of amides is 1. The molecule has 1 aliphatic carbocycles. The van der Waals surface area contributed by atoms with Crippen molar-refractivity contribution >= 4 is 5.91 Å². The van der Waals surface area contributed by atoms with Crippen molar-refractivity contribution in [2.24, 2.45) is 5.92 Å². The molecule has 0 bridgehead atoms. The third-order valence-electron chi connectivity index (χ3n) is 3.46. The maximum atomic E-state index is 12.0. The second-order valence-corrected chi connectivity index (χ2v) is 4.89. The van der Waals surface area contributed by atoms with Crippen LogP contribution in [0.2, 0.25) is 0 Å². The molecule has 0 radical (unpaired) electrons. The van der Waals surface area contributed by atoms with E-state index in [4.69, 9.17) is 0 Å². The Labute approximate surface area is 109 Å². The number of likely N-dealkylation sites (N-methyl/N-ethyl adjacent to an activating group) is 1. The molecule has 96 valence electrons. The van der Waals surface area contributed by atoms with E-state index in [9.17, 15) is 4.79 Å². The third-order valence-corrected chi connectivity index (χ3v) is 3.46. The van der Waals surface area contributed by atoms with Crippen molar-refractivity contribution < 1.29 is 4.79 Å². The minimum absolute atomic E-state index is 0.251. The van der Waals surface area contributed by atoms with E-state index < -0.39 is 0 Å². The van der Waals surface area contributed by atoms with Crippen LogP contribution in [0.3, 0.4) is 0 Å². The van der Waals surface area contributed by atoms with Gasteiger partial charge >= 0.3 is 0 Å². The molecule has 1 atom stereocenters. The zero-order valence-corrected chi connectivity index (χ0v) is 10.9. The van der Waals surface area contributed by atoms with E-state index in [2.05, 4.69) is 17.1 Å². The van der Waals surface area contributed by atoms with Crippen molar-refractivity contribution in [3.05, 3.63) is 42.2 Å². The smallest absolute Gasteiger partial charge is 0.222 e. The number of nitrogens with zero attached hydrogens (tertiary/aromatic N) is 2. The van der Waals surface area contributed by atoms with Gasteiger partial charge in [-0.3, -0.25) is 9.78 Å². The summed E-state index contributed by atoms with van der Waals surface area (Å²) in [5.74, 6) is 0.710. The fourth-order valence-corrected chi connectivity index (χ4v) is 2.22. The van der Waals surface area contributed by atoms with Gasteiger partial charge in [0.1, 0.15) is 0 Å². The Bertz CT molecular complexity index is 414. The molecule has 3 nitrogen and oxygen atoms in total. The van der Waals surface area contributed by atoms with Crippen LogP contribution < -0.4 is 0 Å². The highest BCUT2D eigenvalue weighted by Gasteiger charge is 2.16. The van der Waals surface area contributed by atoms with E-state index in [0.717, 1.165) is 25.8 Å². The predicted octanol–water partition coefficient (Wildman–Crippen LogP) is 2.44. The lowest BCUT2D eigenvalue weighted by molar-refractivity contribution is -0.130. The largest absolute Gasteiger partial charge is 0.345 e. The molecule has 18 heavy (non-hydrogen) atoms. The lowest BCUT2D eigenvalue weighted by Gasteiger charge is -2.18. The van der Waals surface area contributed by atoms with Crippen molar-refractivity contribution in [2.45, 2.75) is 25.7 Å². The Hall–Kier alpha value is -1.64. The molecule has 0 unspecified atom stereocenters. The summed E-state index contributed by atoms with van der Waals surface area (Å²) in [4.78, 5) is 17.8. The van der Waals surface area contributed by atoms with Crippen LogP contribution in [0.15, 0.2) is 36.7 Å². The van der Waals surface area contributed by atoms with Crippen LogP contribution in [0, 0.1) is 5.92 Å². The fraction of sp³-hybridized carbons (Fsp3) is 0.467. The summed E-state index contributed by atoms with van der Waals surface area (Å²) in [6.07, 6.45) is 11.7. The summed E-state index contributed by atoms with van der Waals surface area (Å²) in [7, 11) is 1.89. The first kappa shape index (κ1) is 12.8. The molecule has 0 fully saturated rings. The molecule has 1 heterocycles. The summed E-state index contributed by atoms with van der Waals surface area (Å²) in [5.41, 5.74) is 1.23. The fourth-order valence-electron chi connectivity index (χ4n) is 2.22. The van der Waals surface area contributed by atoms with E-state index in [1.807, 2.05) is 24.1 Å². The normalized spacial score (nSPS) is 17.9. The topological polar surface area (TPSA) is 33.2 Å². The Morgan fingerprint density at radius 1 is 1.44 bits per heavy atom. The summed E-state index contributed by atoms with van der Waals surface area (Å²) in [6.45, 7) is 0.777. The van der Waals surface area contributed by atoms with Gasteiger partial charge in [-0.25, -0.2) is 0 Å². The van der Waals surface area contributed by atoms with Gasteiger partial charge in [-0.15, -0.1) is 0 Å². The predicted molar refractivity (Wildman–Crippen MR) is 72.1 cm³/mol. The van der Waals surface area contributed by atoms with Crippen molar-refractivity contribution in [1.29, 1.82) is 0 Å². The second-order valence-electron chi connectivity index (χ2n) is 4.89. The molecule has 1 aromatic rings. The number of carbonyl (C=O) groups excluding carboxylic acids is 1. The quantitative estimate of drug-likeness (QED) is 0.745.